The van der Waals surface area contributed by atoms with E-state index in [2.05, 4.69) is 30.3 Å². The molecule has 2 rings (SSSR count). The van der Waals surface area contributed by atoms with E-state index in [1.54, 1.807) is 17.8 Å². The third kappa shape index (κ3) is 3.08. The van der Waals surface area contributed by atoms with Crippen LogP contribution in [0.5, 0.6) is 0 Å². The number of aryl methyl sites for hydroxylation is 2. The zero-order chi connectivity index (χ0) is 14.7. The quantitative estimate of drug-likeness (QED) is 0.387. The summed E-state index contributed by atoms with van der Waals surface area (Å²) in [5.41, 5.74) is 8.64. The van der Waals surface area contributed by atoms with E-state index < -0.39 is 0 Å². The van der Waals surface area contributed by atoms with E-state index in [4.69, 9.17) is 22.5 Å². The van der Waals surface area contributed by atoms with E-state index in [0.717, 1.165) is 9.79 Å². The number of nitrogens with zero attached hydrogens (tertiary/aromatic N) is 1. The van der Waals surface area contributed by atoms with Gasteiger partial charge in [-0.15, -0.1) is 0 Å². The fourth-order valence-electron chi connectivity index (χ4n) is 1.82. The highest BCUT2D eigenvalue weighted by Gasteiger charge is 2.13. The van der Waals surface area contributed by atoms with Crippen LogP contribution in [0.15, 0.2) is 51.3 Å². The average molecular weight is 307 g/mol. The molecule has 0 radical (unpaired) electrons. The zero-order valence-corrected chi connectivity index (χ0v) is 12.8. The van der Waals surface area contributed by atoms with E-state index in [0.29, 0.717) is 10.6 Å². The van der Waals surface area contributed by atoms with Crippen molar-refractivity contribution in [2.75, 3.05) is 0 Å². The van der Waals surface area contributed by atoms with Crippen LogP contribution in [0.2, 0.25) is 5.02 Å². The molecule has 2 aromatic rings. The van der Waals surface area contributed by atoms with Crippen LogP contribution in [-0.2, 0) is 0 Å². The SMILES string of the molecule is Cc1ccc(C)c(Sc2cccc(Cl)c2C(N)=NO)c1. The summed E-state index contributed by atoms with van der Waals surface area (Å²) in [4.78, 5) is 1.99. The normalized spacial score (nSPS) is 11.7. The van der Waals surface area contributed by atoms with E-state index >= 15 is 0 Å². The van der Waals surface area contributed by atoms with Gasteiger partial charge in [0.15, 0.2) is 5.84 Å². The number of halogens is 1. The highest BCUT2D eigenvalue weighted by atomic mass is 35.5. The van der Waals surface area contributed by atoms with Gasteiger partial charge in [-0.25, -0.2) is 0 Å². The summed E-state index contributed by atoms with van der Waals surface area (Å²) < 4.78 is 0. The Morgan fingerprint density at radius 2 is 1.95 bits per heavy atom. The first kappa shape index (κ1) is 14.8. The van der Waals surface area contributed by atoms with Crippen molar-refractivity contribution in [1.82, 2.24) is 0 Å². The second-order valence-corrected chi connectivity index (χ2v) is 5.96. The Morgan fingerprint density at radius 3 is 2.65 bits per heavy atom. The van der Waals surface area contributed by atoms with Crippen LogP contribution in [0.1, 0.15) is 16.7 Å². The summed E-state index contributed by atoms with van der Waals surface area (Å²) in [6.45, 7) is 4.10. The van der Waals surface area contributed by atoms with Crippen LogP contribution >= 0.6 is 23.4 Å². The molecule has 0 aliphatic rings. The largest absolute Gasteiger partial charge is 0.409 e. The number of hydrogen-bond donors (Lipinski definition) is 2. The minimum atomic E-state index is 0.0170. The number of hydrogen-bond acceptors (Lipinski definition) is 3. The third-order valence-corrected chi connectivity index (χ3v) is 4.44. The van der Waals surface area contributed by atoms with Gasteiger partial charge in [-0.05, 0) is 43.2 Å². The Balaban J connectivity index is 2.49. The second kappa shape index (κ2) is 6.20. The minimum absolute atomic E-state index is 0.0170. The molecule has 0 heterocycles. The fourth-order valence-corrected chi connectivity index (χ4v) is 3.33. The Kier molecular flexibility index (Phi) is 4.57. The van der Waals surface area contributed by atoms with Gasteiger partial charge in [0, 0.05) is 9.79 Å². The Hall–Kier alpha value is -1.65. The number of rotatable bonds is 3. The van der Waals surface area contributed by atoms with Crippen molar-refractivity contribution in [2.45, 2.75) is 23.6 Å². The van der Waals surface area contributed by atoms with Crippen molar-refractivity contribution in [3.63, 3.8) is 0 Å². The smallest absolute Gasteiger partial charge is 0.172 e. The fraction of sp³-hybridized carbons (Fsp3) is 0.133. The van der Waals surface area contributed by atoms with Crippen molar-refractivity contribution >= 4 is 29.2 Å². The lowest BCUT2D eigenvalue weighted by atomic mass is 10.2. The summed E-state index contributed by atoms with van der Waals surface area (Å²) >= 11 is 7.71. The van der Waals surface area contributed by atoms with Crippen LogP contribution in [-0.4, -0.2) is 11.0 Å². The van der Waals surface area contributed by atoms with E-state index in [-0.39, 0.29) is 5.84 Å². The molecule has 2 aromatic carbocycles. The molecule has 0 aliphatic heterocycles. The van der Waals surface area contributed by atoms with Gasteiger partial charge in [0.25, 0.3) is 0 Å². The Labute approximate surface area is 127 Å². The molecule has 0 aliphatic carbocycles. The van der Waals surface area contributed by atoms with E-state index in [9.17, 15) is 0 Å². The van der Waals surface area contributed by atoms with Crippen LogP contribution in [0, 0.1) is 13.8 Å². The minimum Gasteiger partial charge on any atom is -0.409 e. The predicted octanol–water partition coefficient (Wildman–Crippen LogP) is 4.20. The predicted molar refractivity (Wildman–Crippen MR) is 84.0 cm³/mol. The highest BCUT2D eigenvalue weighted by molar-refractivity contribution is 7.99. The van der Waals surface area contributed by atoms with Crippen molar-refractivity contribution in [2.24, 2.45) is 10.9 Å². The maximum atomic E-state index is 8.90. The summed E-state index contributed by atoms with van der Waals surface area (Å²) in [6.07, 6.45) is 0. The molecule has 0 fully saturated rings. The topological polar surface area (TPSA) is 58.6 Å². The molecule has 0 spiro atoms. The number of nitrogens with two attached hydrogens (primary N) is 1. The molecule has 3 nitrogen and oxygen atoms in total. The molecular weight excluding hydrogens is 292 g/mol. The third-order valence-electron chi connectivity index (χ3n) is 2.90. The first-order valence-corrected chi connectivity index (χ1v) is 7.24. The zero-order valence-electron chi connectivity index (χ0n) is 11.2. The van der Waals surface area contributed by atoms with E-state index in [1.807, 2.05) is 19.1 Å². The van der Waals surface area contributed by atoms with Crippen molar-refractivity contribution < 1.29 is 5.21 Å². The molecule has 20 heavy (non-hydrogen) atoms. The van der Waals surface area contributed by atoms with Crippen LogP contribution in [0.25, 0.3) is 0 Å². The lowest BCUT2D eigenvalue weighted by molar-refractivity contribution is 0.318. The van der Waals surface area contributed by atoms with Gasteiger partial charge in [0.1, 0.15) is 0 Å². The van der Waals surface area contributed by atoms with Crippen molar-refractivity contribution in [3.05, 3.63) is 58.1 Å². The molecule has 5 heteroatoms. The molecular formula is C15H15ClN2OS. The van der Waals surface area contributed by atoms with Crippen molar-refractivity contribution in [1.29, 1.82) is 0 Å². The molecule has 3 N–H and O–H groups in total. The van der Waals surface area contributed by atoms with Gasteiger partial charge in [-0.1, -0.05) is 46.7 Å². The molecule has 0 amide bonds. The number of oxime groups is 1. The first-order chi connectivity index (χ1) is 9.52. The molecule has 0 unspecified atom stereocenters. The summed E-state index contributed by atoms with van der Waals surface area (Å²) in [7, 11) is 0. The van der Waals surface area contributed by atoms with E-state index in [1.165, 1.54) is 11.1 Å². The number of benzene rings is 2. The second-order valence-electron chi connectivity index (χ2n) is 4.47. The van der Waals surface area contributed by atoms with Crippen LogP contribution in [0.3, 0.4) is 0 Å². The molecule has 104 valence electrons. The number of amidine groups is 1. The standard InChI is InChI=1S/C15H15ClN2OS/c1-9-6-7-10(2)13(8-9)20-12-5-3-4-11(16)14(12)15(17)18-19/h3-8,19H,1-2H3,(H2,17,18). The van der Waals surface area contributed by atoms with Gasteiger partial charge < -0.3 is 10.9 Å². The average Bonchev–Trinajstić information content (AvgIpc) is 2.42. The van der Waals surface area contributed by atoms with Gasteiger partial charge in [0.05, 0.1) is 10.6 Å². The maximum absolute atomic E-state index is 8.90. The molecule has 0 bridgehead atoms. The maximum Gasteiger partial charge on any atom is 0.172 e. The van der Waals surface area contributed by atoms with Crippen LogP contribution in [0.4, 0.5) is 0 Å². The lowest BCUT2D eigenvalue weighted by Crippen LogP contribution is -2.14. The van der Waals surface area contributed by atoms with Crippen LogP contribution < -0.4 is 5.73 Å². The Bertz CT molecular complexity index is 671. The van der Waals surface area contributed by atoms with Gasteiger partial charge in [-0.2, -0.15) is 0 Å². The van der Waals surface area contributed by atoms with Crippen molar-refractivity contribution in [3.8, 4) is 0 Å². The summed E-state index contributed by atoms with van der Waals surface area (Å²) in [5.74, 6) is 0.0170. The highest BCUT2D eigenvalue weighted by Crippen LogP contribution is 2.35. The summed E-state index contributed by atoms with van der Waals surface area (Å²) in [6, 6.07) is 11.7. The first-order valence-electron chi connectivity index (χ1n) is 6.04. The Morgan fingerprint density at radius 1 is 1.20 bits per heavy atom. The molecule has 0 saturated carbocycles. The van der Waals surface area contributed by atoms with Gasteiger partial charge in [-0.3, -0.25) is 0 Å². The molecule has 0 atom stereocenters. The monoisotopic (exact) mass is 306 g/mol. The van der Waals surface area contributed by atoms with Gasteiger partial charge >= 0.3 is 0 Å². The molecule has 0 saturated heterocycles. The van der Waals surface area contributed by atoms with Gasteiger partial charge in [0.2, 0.25) is 0 Å². The summed E-state index contributed by atoms with van der Waals surface area (Å²) in [5, 5.41) is 12.4. The lowest BCUT2D eigenvalue weighted by Gasteiger charge is -2.11. The molecule has 0 aromatic heterocycles.